The highest BCUT2D eigenvalue weighted by molar-refractivity contribution is 5.79. The number of aromatic hydroxyl groups is 2. The molecule has 0 amide bonds. The van der Waals surface area contributed by atoms with E-state index >= 15 is 0 Å². The van der Waals surface area contributed by atoms with Crippen LogP contribution < -0.4 is 4.74 Å². The number of benzene rings is 1. The highest BCUT2D eigenvalue weighted by Gasteiger charge is 2.41. The van der Waals surface area contributed by atoms with Gasteiger partial charge < -0.3 is 14.9 Å². The van der Waals surface area contributed by atoms with E-state index in [-0.39, 0.29) is 11.3 Å². The minimum atomic E-state index is -5.14. The Hall–Kier alpha value is -1.92. The molecule has 0 aromatic heterocycles. The number of rotatable bonds is 1. The standard InChI is InChI=1S/C9H7F3O4/c1-4-5(13)2-3-6(7(4)14)16-8(15)9(10,11)12/h2-3,13-14H,1H3. The van der Waals surface area contributed by atoms with E-state index in [4.69, 9.17) is 5.11 Å². The van der Waals surface area contributed by atoms with Gasteiger partial charge in [0.2, 0.25) is 0 Å². The number of carbonyl (C=O) groups is 1. The Morgan fingerprint density at radius 1 is 1.31 bits per heavy atom. The summed E-state index contributed by atoms with van der Waals surface area (Å²) in [5.41, 5.74) is -0.0764. The number of esters is 1. The number of alkyl halides is 3. The van der Waals surface area contributed by atoms with Gasteiger partial charge in [-0.15, -0.1) is 0 Å². The number of phenolic OH excluding ortho intramolecular Hbond substituents is 2. The molecule has 88 valence electrons. The molecule has 0 fully saturated rings. The summed E-state index contributed by atoms with van der Waals surface area (Å²) in [6.45, 7) is 1.26. The van der Waals surface area contributed by atoms with Gasteiger partial charge in [-0.1, -0.05) is 0 Å². The number of phenols is 2. The largest absolute Gasteiger partial charge is 0.508 e. The summed E-state index contributed by atoms with van der Waals surface area (Å²) in [6, 6.07) is 1.87. The maximum atomic E-state index is 11.8. The van der Waals surface area contributed by atoms with E-state index in [1.807, 2.05) is 0 Å². The SMILES string of the molecule is Cc1c(O)ccc(OC(=O)C(F)(F)F)c1O. The van der Waals surface area contributed by atoms with E-state index in [0.29, 0.717) is 0 Å². The normalized spacial score (nSPS) is 11.2. The van der Waals surface area contributed by atoms with Crippen molar-refractivity contribution in [1.82, 2.24) is 0 Å². The number of ether oxygens (including phenoxy) is 1. The molecule has 0 aliphatic heterocycles. The molecule has 0 aliphatic carbocycles. The van der Waals surface area contributed by atoms with E-state index in [1.165, 1.54) is 6.92 Å². The van der Waals surface area contributed by atoms with E-state index in [2.05, 4.69) is 4.74 Å². The van der Waals surface area contributed by atoms with Crippen molar-refractivity contribution in [2.24, 2.45) is 0 Å². The first-order valence-corrected chi connectivity index (χ1v) is 4.04. The van der Waals surface area contributed by atoms with Crippen molar-refractivity contribution in [3.63, 3.8) is 0 Å². The molecular formula is C9H7F3O4. The van der Waals surface area contributed by atoms with Gasteiger partial charge >= 0.3 is 12.1 Å². The molecular weight excluding hydrogens is 229 g/mol. The van der Waals surface area contributed by atoms with Gasteiger partial charge in [-0.3, -0.25) is 0 Å². The van der Waals surface area contributed by atoms with Crippen LogP contribution in [-0.4, -0.2) is 22.4 Å². The topological polar surface area (TPSA) is 66.8 Å². The Morgan fingerprint density at radius 3 is 2.38 bits per heavy atom. The van der Waals surface area contributed by atoms with Gasteiger partial charge in [-0.25, -0.2) is 4.79 Å². The summed E-state index contributed by atoms with van der Waals surface area (Å²) in [7, 11) is 0. The van der Waals surface area contributed by atoms with Crippen LogP contribution in [-0.2, 0) is 4.79 Å². The molecule has 0 atom stereocenters. The van der Waals surface area contributed by atoms with Crippen LogP contribution in [0.4, 0.5) is 13.2 Å². The molecule has 0 spiro atoms. The average Bonchev–Trinajstić information content (AvgIpc) is 2.17. The van der Waals surface area contributed by atoms with E-state index in [0.717, 1.165) is 12.1 Å². The number of halogens is 3. The molecule has 16 heavy (non-hydrogen) atoms. The van der Waals surface area contributed by atoms with Gasteiger partial charge in [0, 0.05) is 5.56 Å². The molecule has 2 N–H and O–H groups in total. The van der Waals surface area contributed by atoms with Crippen molar-refractivity contribution < 1.29 is 32.9 Å². The molecule has 0 aliphatic rings. The second-order valence-electron chi connectivity index (χ2n) is 2.94. The third-order valence-corrected chi connectivity index (χ3v) is 1.80. The molecule has 0 radical (unpaired) electrons. The smallest absolute Gasteiger partial charge is 0.491 e. The minimum Gasteiger partial charge on any atom is -0.508 e. The lowest BCUT2D eigenvalue weighted by Gasteiger charge is -2.10. The number of carbonyl (C=O) groups excluding carboxylic acids is 1. The fourth-order valence-corrected chi connectivity index (χ4v) is 0.905. The van der Waals surface area contributed by atoms with Gasteiger partial charge in [0.25, 0.3) is 0 Å². The summed E-state index contributed by atoms with van der Waals surface area (Å²) in [6.07, 6.45) is -5.14. The predicted molar refractivity (Wildman–Crippen MR) is 46.2 cm³/mol. The summed E-state index contributed by atoms with van der Waals surface area (Å²) in [5.74, 6) is -4.12. The lowest BCUT2D eigenvalue weighted by Crippen LogP contribution is -2.28. The molecule has 4 nitrogen and oxygen atoms in total. The number of hydrogen-bond donors (Lipinski definition) is 2. The van der Waals surface area contributed by atoms with Crippen molar-refractivity contribution in [3.05, 3.63) is 17.7 Å². The maximum absolute atomic E-state index is 11.8. The Balaban J connectivity index is 3.00. The molecule has 0 bridgehead atoms. The van der Waals surface area contributed by atoms with E-state index in [1.54, 1.807) is 0 Å². The van der Waals surface area contributed by atoms with Crippen LogP contribution in [0, 0.1) is 6.92 Å². The van der Waals surface area contributed by atoms with Crippen molar-refractivity contribution in [1.29, 1.82) is 0 Å². The van der Waals surface area contributed by atoms with Crippen LogP contribution in [0.15, 0.2) is 12.1 Å². The molecule has 0 saturated carbocycles. The molecule has 0 saturated heterocycles. The van der Waals surface area contributed by atoms with Crippen LogP contribution >= 0.6 is 0 Å². The monoisotopic (exact) mass is 236 g/mol. The second-order valence-corrected chi connectivity index (χ2v) is 2.94. The highest BCUT2D eigenvalue weighted by Crippen LogP contribution is 2.35. The van der Waals surface area contributed by atoms with Crippen LogP contribution in [0.2, 0.25) is 0 Å². The fourth-order valence-electron chi connectivity index (χ4n) is 0.905. The predicted octanol–water partition coefficient (Wildman–Crippen LogP) is 1.87. The zero-order valence-electron chi connectivity index (χ0n) is 8.00. The first-order chi connectivity index (χ1) is 7.23. The quantitative estimate of drug-likeness (QED) is 0.577. The second kappa shape index (κ2) is 3.92. The summed E-state index contributed by atoms with van der Waals surface area (Å²) >= 11 is 0. The molecule has 0 unspecified atom stereocenters. The summed E-state index contributed by atoms with van der Waals surface area (Å²) in [5, 5.41) is 18.4. The first kappa shape index (κ1) is 12.2. The molecule has 0 heterocycles. The summed E-state index contributed by atoms with van der Waals surface area (Å²) < 4.78 is 39.4. The van der Waals surface area contributed by atoms with Crippen LogP contribution in [0.3, 0.4) is 0 Å². The Labute approximate surface area is 87.9 Å². The average molecular weight is 236 g/mol. The Bertz CT molecular complexity index is 425. The lowest BCUT2D eigenvalue weighted by molar-refractivity contribution is -0.189. The lowest BCUT2D eigenvalue weighted by atomic mass is 10.2. The van der Waals surface area contributed by atoms with Gasteiger partial charge in [0.15, 0.2) is 11.5 Å². The third kappa shape index (κ3) is 2.36. The van der Waals surface area contributed by atoms with Crippen LogP contribution in [0.25, 0.3) is 0 Å². The fraction of sp³-hybridized carbons (Fsp3) is 0.222. The Kier molecular flexibility index (Phi) is 2.97. The van der Waals surface area contributed by atoms with Gasteiger partial charge in [0.05, 0.1) is 0 Å². The first-order valence-electron chi connectivity index (χ1n) is 4.04. The third-order valence-electron chi connectivity index (χ3n) is 1.80. The van der Waals surface area contributed by atoms with E-state index < -0.39 is 23.6 Å². The maximum Gasteiger partial charge on any atom is 0.491 e. The molecule has 1 aromatic carbocycles. The van der Waals surface area contributed by atoms with Crippen molar-refractivity contribution >= 4 is 5.97 Å². The van der Waals surface area contributed by atoms with Gasteiger partial charge in [-0.2, -0.15) is 13.2 Å². The van der Waals surface area contributed by atoms with Gasteiger partial charge in [-0.05, 0) is 19.1 Å². The number of hydrogen-bond acceptors (Lipinski definition) is 4. The van der Waals surface area contributed by atoms with Crippen LogP contribution in [0.5, 0.6) is 17.2 Å². The Morgan fingerprint density at radius 2 is 1.88 bits per heavy atom. The zero-order chi connectivity index (χ0) is 12.5. The van der Waals surface area contributed by atoms with Crippen molar-refractivity contribution in [2.75, 3.05) is 0 Å². The molecule has 7 heteroatoms. The molecule has 1 aromatic rings. The zero-order valence-corrected chi connectivity index (χ0v) is 8.00. The van der Waals surface area contributed by atoms with Crippen LogP contribution in [0.1, 0.15) is 5.56 Å². The highest BCUT2D eigenvalue weighted by atomic mass is 19.4. The van der Waals surface area contributed by atoms with Crippen molar-refractivity contribution in [3.8, 4) is 17.2 Å². The molecule has 1 rings (SSSR count). The minimum absolute atomic E-state index is 0.0764. The van der Waals surface area contributed by atoms with Gasteiger partial charge in [0.1, 0.15) is 5.75 Å². The van der Waals surface area contributed by atoms with E-state index in [9.17, 15) is 23.1 Å². The summed E-state index contributed by atoms with van der Waals surface area (Å²) in [4.78, 5) is 10.5. The van der Waals surface area contributed by atoms with Crippen molar-refractivity contribution in [2.45, 2.75) is 13.1 Å².